The van der Waals surface area contributed by atoms with Crippen LogP contribution in [0.4, 0.5) is 5.82 Å². The number of likely N-dealkylation sites (tertiary alicyclic amines) is 1. The average Bonchev–Trinajstić information content (AvgIpc) is 2.63. The van der Waals surface area contributed by atoms with Gasteiger partial charge >= 0.3 is 0 Å². The number of hydrogen-bond donors (Lipinski definition) is 1. The standard InChI is InChI=1S/C13H19N3O/c1-2-3-10-6-13(17)16(8-10)9-11-4-5-12(14)15-7-11/h4-5,7,10H,2-3,6,8-9H2,1H3,(H2,14,15). The lowest BCUT2D eigenvalue weighted by Gasteiger charge is -2.16. The summed E-state index contributed by atoms with van der Waals surface area (Å²) >= 11 is 0. The fourth-order valence-corrected chi connectivity index (χ4v) is 2.36. The summed E-state index contributed by atoms with van der Waals surface area (Å²) in [6, 6.07) is 3.71. The van der Waals surface area contributed by atoms with E-state index in [0.29, 0.717) is 24.7 Å². The molecular weight excluding hydrogens is 214 g/mol. The molecule has 2 rings (SSSR count). The number of carbonyl (C=O) groups excluding carboxylic acids is 1. The van der Waals surface area contributed by atoms with E-state index >= 15 is 0 Å². The zero-order valence-corrected chi connectivity index (χ0v) is 10.2. The molecular formula is C13H19N3O. The highest BCUT2D eigenvalue weighted by Crippen LogP contribution is 2.23. The summed E-state index contributed by atoms with van der Waals surface area (Å²) in [6.07, 6.45) is 4.74. The van der Waals surface area contributed by atoms with Gasteiger partial charge in [-0.2, -0.15) is 0 Å². The van der Waals surface area contributed by atoms with Gasteiger partial charge < -0.3 is 10.6 Å². The maximum Gasteiger partial charge on any atom is 0.223 e. The van der Waals surface area contributed by atoms with Crippen LogP contribution in [0.2, 0.25) is 0 Å². The maximum atomic E-state index is 11.8. The highest BCUT2D eigenvalue weighted by molar-refractivity contribution is 5.78. The molecule has 4 heteroatoms. The van der Waals surface area contributed by atoms with Gasteiger partial charge in [0.2, 0.25) is 5.91 Å². The van der Waals surface area contributed by atoms with E-state index in [-0.39, 0.29) is 5.91 Å². The minimum atomic E-state index is 0.264. The molecule has 0 saturated carbocycles. The average molecular weight is 233 g/mol. The second-order valence-electron chi connectivity index (χ2n) is 4.72. The lowest BCUT2D eigenvalue weighted by atomic mass is 10.0. The van der Waals surface area contributed by atoms with Gasteiger partial charge in [-0.3, -0.25) is 4.79 Å². The monoisotopic (exact) mass is 233 g/mol. The molecule has 4 nitrogen and oxygen atoms in total. The van der Waals surface area contributed by atoms with Gasteiger partial charge in [0.05, 0.1) is 0 Å². The zero-order chi connectivity index (χ0) is 12.3. The van der Waals surface area contributed by atoms with Gasteiger partial charge in [-0.1, -0.05) is 19.4 Å². The van der Waals surface area contributed by atoms with Crippen LogP contribution in [0.25, 0.3) is 0 Å². The fourth-order valence-electron chi connectivity index (χ4n) is 2.36. The largest absolute Gasteiger partial charge is 0.384 e. The Morgan fingerprint density at radius 3 is 3.00 bits per heavy atom. The Bertz CT molecular complexity index is 388. The second kappa shape index (κ2) is 5.17. The third-order valence-corrected chi connectivity index (χ3v) is 3.21. The first-order valence-corrected chi connectivity index (χ1v) is 6.17. The first-order valence-electron chi connectivity index (χ1n) is 6.17. The topological polar surface area (TPSA) is 59.2 Å². The van der Waals surface area contributed by atoms with Crippen LogP contribution in [0.5, 0.6) is 0 Å². The molecule has 1 unspecified atom stereocenters. The van der Waals surface area contributed by atoms with E-state index in [0.717, 1.165) is 24.9 Å². The van der Waals surface area contributed by atoms with Crippen LogP contribution >= 0.6 is 0 Å². The van der Waals surface area contributed by atoms with Crippen molar-refractivity contribution in [2.24, 2.45) is 5.92 Å². The number of nitrogens with zero attached hydrogens (tertiary/aromatic N) is 2. The van der Waals surface area contributed by atoms with Crippen molar-refractivity contribution >= 4 is 11.7 Å². The smallest absolute Gasteiger partial charge is 0.223 e. The highest BCUT2D eigenvalue weighted by atomic mass is 16.2. The molecule has 1 amide bonds. The molecule has 0 spiro atoms. The number of amides is 1. The first kappa shape index (κ1) is 11.9. The first-order chi connectivity index (χ1) is 8.19. The number of carbonyl (C=O) groups is 1. The van der Waals surface area contributed by atoms with Gasteiger partial charge in [0.15, 0.2) is 0 Å². The molecule has 1 fully saturated rings. The molecule has 1 aromatic heterocycles. The molecule has 92 valence electrons. The molecule has 17 heavy (non-hydrogen) atoms. The van der Waals surface area contributed by atoms with Crippen LogP contribution in [0, 0.1) is 5.92 Å². The Labute approximate surface area is 102 Å². The molecule has 0 radical (unpaired) electrons. The molecule has 2 heterocycles. The predicted molar refractivity (Wildman–Crippen MR) is 67.1 cm³/mol. The minimum absolute atomic E-state index is 0.264. The number of anilines is 1. The van der Waals surface area contributed by atoms with E-state index in [2.05, 4.69) is 11.9 Å². The van der Waals surface area contributed by atoms with Gasteiger partial charge in [-0.05, 0) is 24.0 Å². The molecule has 1 aliphatic rings. The van der Waals surface area contributed by atoms with E-state index in [1.54, 1.807) is 12.3 Å². The summed E-state index contributed by atoms with van der Waals surface area (Å²) in [7, 11) is 0. The van der Waals surface area contributed by atoms with Crippen molar-refractivity contribution in [1.29, 1.82) is 0 Å². The third-order valence-electron chi connectivity index (χ3n) is 3.21. The lowest BCUT2D eigenvalue weighted by Crippen LogP contribution is -2.24. The quantitative estimate of drug-likeness (QED) is 0.862. The van der Waals surface area contributed by atoms with E-state index < -0.39 is 0 Å². The van der Waals surface area contributed by atoms with Gasteiger partial charge in [-0.15, -0.1) is 0 Å². The van der Waals surface area contributed by atoms with E-state index in [4.69, 9.17) is 5.73 Å². The summed E-state index contributed by atoms with van der Waals surface area (Å²) in [5.74, 6) is 1.32. The van der Waals surface area contributed by atoms with Crippen molar-refractivity contribution in [1.82, 2.24) is 9.88 Å². The van der Waals surface area contributed by atoms with Crippen molar-refractivity contribution in [2.75, 3.05) is 12.3 Å². The number of aromatic nitrogens is 1. The Hall–Kier alpha value is -1.58. The van der Waals surface area contributed by atoms with Crippen LogP contribution in [0.15, 0.2) is 18.3 Å². The lowest BCUT2D eigenvalue weighted by molar-refractivity contribution is -0.128. The number of nitrogen functional groups attached to an aromatic ring is 1. The number of pyridine rings is 1. The highest BCUT2D eigenvalue weighted by Gasteiger charge is 2.28. The van der Waals surface area contributed by atoms with Gasteiger partial charge in [-0.25, -0.2) is 4.98 Å². The Kier molecular flexibility index (Phi) is 3.61. The number of hydrogen-bond acceptors (Lipinski definition) is 3. The van der Waals surface area contributed by atoms with E-state index in [9.17, 15) is 4.79 Å². The normalized spacial score (nSPS) is 19.9. The van der Waals surface area contributed by atoms with Gasteiger partial charge in [0, 0.05) is 25.7 Å². The summed E-state index contributed by atoms with van der Waals surface area (Å²) in [5.41, 5.74) is 6.58. The molecule has 0 aliphatic carbocycles. The van der Waals surface area contributed by atoms with Gasteiger partial charge in [0.1, 0.15) is 5.82 Å². The van der Waals surface area contributed by atoms with Crippen LogP contribution in [-0.4, -0.2) is 22.3 Å². The Balaban J connectivity index is 1.95. The maximum absolute atomic E-state index is 11.8. The number of rotatable bonds is 4. The van der Waals surface area contributed by atoms with Crippen molar-refractivity contribution in [3.8, 4) is 0 Å². The Morgan fingerprint density at radius 1 is 1.53 bits per heavy atom. The molecule has 1 aliphatic heterocycles. The molecule has 2 N–H and O–H groups in total. The van der Waals surface area contributed by atoms with Crippen molar-refractivity contribution in [2.45, 2.75) is 32.7 Å². The minimum Gasteiger partial charge on any atom is -0.384 e. The fraction of sp³-hybridized carbons (Fsp3) is 0.538. The summed E-state index contributed by atoms with van der Waals surface area (Å²) in [5, 5.41) is 0. The third kappa shape index (κ3) is 2.96. The molecule has 0 bridgehead atoms. The second-order valence-corrected chi connectivity index (χ2v) is 4.72. The van der Waals surface area contributed by atoms with Crippen LogP contribution in [0.1, 0.15) is 31.7 Å². The predicted octanol–water partition coefficient (Wildman–Crippen LogP) is 1.81. The Morgan fingerprint density at radius 2 is 2.35 bits per heavy atom. The van der Waals surface area contributed by atoms with Crippen molar-refractivity contribution < 1.29 is 4.79 Å². The van der Waals surface area contributed by atoms with Crippen molar-refractivity contribution in [3.05, 3.63) is 23.9 Å². The molecule has 1 saturated heterocycles. The number of nitrogens with two attached hydrogens (primary N) is 1. The van der Waals surface area contributed by atoms with Crippen LogP contribution in [-0.2, 0) is 11.3 Å². The molecule has 1 atom stereocenters. The molecule has 1 aromatic rings. The van der Waals surface area contributed by atoms with Gasteiger partial charge in [0.25, 0.3) is 0 Å². The summed E-state index contributed by atoms with van der Waals surface area (Å²) < 4.78 is 0. The van der Waals surface area contributed by atoms with Crippen LogP contribution in [0.3, 0.4) is 0 Å². The van der Waals surface area contributed by atoms with E-state index in [1.807, 2.05) is 11.0 Å². The SMILES string of the molecule is CCCC1CC(=O)N(Cc2ccc(N)nc2)C1. The summed E-state index contributed by atoms with van der Waals surface area (Å²) in [4.78, 5) is 17.8. The molecule has 0 aromatic carbocycles. The van der Waals surface area contributed by atoms with Crippen LogP contribution < -0.4 is 5.73 Å². The zero-order valence-electron chi connectivity index (χ0n) is 10.2. The van der Waals surface area contributed by atoms with E-state index in [1.165, 1.54) is 0 Å². The summed E-state index contributed by atoms with van der Waals surface area (Å²) in [6.45, 7) is 3.71. The van der Waals surface area contributed by atoms with Crippen molar-refractivity contribution in [3.63, 3.8) is 0 Å².